The van der Waals surface area contributed by atoms with Crippen LogP contribution in [0.2, 0.25) is 0 Å². The maximum absolute atomic E-state index is 11.0. The molecule has 0 aliphatic heterocycles. The van der Waals surface area contributed by atoms with Gasteiger partial charge >= 0.3 is 0 Å². The van der Waals surface area contributed by atoms with E-state index in [1.54, 1.807) is 0 Å². The minimum atomic E-state index is -0.746. The zero-order valence-electron chi connectivity index (χ0n) is 9.37. The van der Waals surface area contributed by atoms with E-state index >= 15 is 0 Å². The Morgan fingerprint density at radius 3 is 2.87 bits per heavy atom. The van der Waals surface area contributed by atoms with Crippen molar-refractivity contribution in [2.45, 2.75) is 50.7 Å². The lowest BCUT2D eigenvalue weighted by molar-refractivity contribution is -0.148. The third kappa shape index (κ3) is 0.853. The lowest BCUT2D eigenvalue weighted by atomic mass is 9.60. The van der Waals surface area contributed by atoms with Gasteiger partial charge in [-0.1, -0.05) is 13.5 Å². The molecule has 0 amide bonds. The summed E-state index contributed by atoms with van der Waals surface area (Å²) in [5, 5.41) is 21.3. The van der Waals surface area contributed by atoms with Gasteiger partial charge in [0, 0.05) is 5.41 Å². The van der Waals surface area contributed by atoms with Gasteiger partial charge < -0.3 is 10.2 Å². The van der Waals surface area contributed by atoms with Gasteiger partial charge in [-0.05, 0) is 49.5 Å². The van der Waals surface area contributed by atoms with Gasteiger partial charge in [0.2, 0.25) is 0 Å². The van der Waals surface area contributed by atoms with Gasteiger partial charge in [0.05, 0.1) is 11.7 Å². The van der Waals surface area contributed by atoms with Crippen molar-refractivity contribution >= 4 is 0 Å². The van der Waals surface area contributed by atoms with Crippen LogP contribution in [0, 0.1) is 17.3 Å². The summed E-state index contributed by atoms with van der Waals surface area (Å²) >= 11 is 0. The summed E-state index contributed by atoms with van der Waals surface area (Å²) in [6.07, 6.45) is 4.42. The number of hydrogen-bond donors (Lipinski definition) is 2. The molecule has 0 aromatic heterocycles. The summed E-state index contributed by atoms with van der Waals surface area (Å²) in [6, 6.07) is 0. The smallest absolute Gasteiger partial charge is 0.0965 e. The van der Waals surface area contributed by atoms with Gasteiger partial charge in [0.25, 0.3) is 0 Å². The zero-order valence-corrected chi connectivity index (χ0v) is 9.37. The van der Waals surface area contributed by atoms with Gasteiger partial charge in [-0.2, -0.15) is 0 Å². The highest BCUT2D eigenvalue weighted by Crippen LogP contribution is 2.68. The molecule has 3 aliphatic rings. The van der Waals surface area contributed by atoms with Crippen molar-refractivity contribution in [2.24, 2.45) is 17.3 Å². The van der Waals surface area contributed by atoms with Crippen molar-refractivity contribution in [3.8, 4) is 0 Å². The minimum Gasteiger partial charge on any atom is -0.392 e. The van der Waals surface area contributed by atoms with Gasteiger partial charge in [0.15, 0.2) is 0 Å². The highest BCUT2D eigenvalue weighted by Gasteiger charge is 2.69. The molecule has 2 heteroatoms. The molecule has 3 fully saturated rings. The largest absolute Gasteiger partial charge is 0.392 e. The predicted molar refractivity (Wildman–Crippen MR) is 58.3 cm³/mol. The van der Waals surface area contributed by atoms with Crippen LogP contribution in [-0.2, 0) is 0 Å². The number of hydrogen-bond acceptors (Lipinski definition) is 2. The van der Waals surface area contributed by atoms with E-state index < -0.39 is 5.60 Å². The van der Waals surface area contributed by atoms with E-state index in [0.29, 0.717) is 11.8 Å². The average Bonchev–Trinajstić information content (AvgIpc) is 2.56. The first kappa shape index (κ1) is 9.86. The zero-order chi connectivity index (χ0) is 10.8. The normalized spacial score (nSPS) is 58.3. The van der Waals surface area contributed by atoms with Crippen LogP contribution in [0.15, 0.2) is 12.2 Å². The molecule has 0 saturated heterocycles. The van der Waals surface area contributed by atoms with Crippen LogP contribution in [0.3, 0.4) is 0 Å². The molecular weight excluding hydrogens is 188 g/mol. The molecular formula is C13H20O2. The SMILES string of the molecule is C=C1CC[C@@]23CC[C@@H]([C@@H](C)C[C@H]2O)[C@]13O. The molecule has 0 spiro atoms. The molecule has 2 nitrogen and oxygen atoms in total. The summed E-state index contributed by atoms with van der Waals surface area (Å²) < 4.78 is 0. The second kappa shape index (κ2) is 2.67. The third-order valence-corrected chi connectivity index (χ3v) is 5.53. The second-order valence-electron chi connectivity index (χ2n) is 5.90. The van der Waals surface area contributed by atoms with Gasteiger partial charge in [-0.25, -0.2) is 0 Å². The van der Waals surface area contributed by atoms with Crippen molar-refractivity contribution in [3.63, 3.8) is 0 Å². The first-order chi connectivity index (χ1) is 7.02. The van der Waals surface area contributed by atoms with Crippen LogP contribution in [0.4, 0.5) is 0 Å². The molecule has 3 rings (SSSR count). The number of aliphatic hydroxyl groups is 2. The predicted octanol–water partition coefficient (Wildman–Crippen LogP) is 1.86. The van der Waals surface area contributed by atoms with Crippen molar-refractivity contribution in [3.05, 3.63) is 12.2 Å². The Bertz CT molecular complexity index is 324. The van der Waals surface area contributed by atoms with Crippen LogP contribution in [0.25, 0.3) is 0 Å². The summed E-state index contributed by atoms with van der Waals surface area (Å²) in [4.78, 5) is 0. The molecule has 0 radical (unpaired) electrons. The Labute approximate surface area is 91.0 Å². The van der Waals surface area contributed by atoms with Crippen LogP contribution in [0.1, 0.15) is 39.0 Å². The van der Waals surface area contributed by atoms with Crippen LogP contribution >= 0.6 is 0 Å². The number of aliphatic hydroxyl groups excluding tert-OH is 1. The molecule has 0 aromatic rings. The summed E-state index contributed by atoms with van der Waals surface area (Å²) in [5.41, 5.74) is 0.00123. The number of rotatable bonds is 0. The topological polar surface area (TPSA) is 40.5 Å². The van der Waals surface area contributed by atoms with Gasteiger partial charge in [-0.15, -0.1) is 0 Å². The van der Waals surface area contributed by atoms with Crippen LogP contribution in [0.5, 0.6) is 0 Å². The van der Waals surface area contributed by atoms with E-state index in [2.05, 4.69) is 13.5 Å². The second-order valence-corrected chi connectivity index (χ2v) is 5.90. The standard InChI is InChI=1S/C13H20O2/c1-8-7-11(14)12-5-3-9(2)13(12,15)10(8)4-6-12/h8,10-11,14-15H,2-7H2,1H3/t8-,10-,11+,12+,13+/m0/s1. The Hall–Kier alpha value is -0.340. The summed E-state index contributed by atoms with van der Waals surface area (Å²) in [6.45, 7) is 6.21. The van der Waals surface area contributed by atoms with E-state index in [1.807, 2.05) is 0 Å². The fourth-order valence-electron chi connectivity index (χ4n) is 4.70. The van der Waals surface area contributed by atoms with E-state index in [9.17, 15) is 10.2 Å². The molecule has 2 bridgehead atoms. The molecule has 0 aromatic carbocycles. The Morgan fingerprint density at radius 2 is 2.13 bits per heavy atom. The molecule has 3 aliphatic carbocycles. The molecule has 0 unspecified atom stereocenters. The van der Waals surface area contributed by atoms with Crippen molar-refractivity contribution in [1.29, 1.82) is 0 Å². The maximum atomic E-state index is 11.0. The van der Waals surface area contributed by atoms with E-state index in [0.717, 1.165) is 37.7 Å². The van der Waals surface area contributed by atoms with Gasteiger partial charge in [-0.3, -0.25) is 0 Å². The molecule has 0 heterocycles. The Kier molecular flexibility index (Phi) is 1.75. The van der Waals surface area contributed by atoms with Crippen LogP contribution in [-0.4, -0.2) is 21.9 Å². The fourth-order valence-corrected chi connectivity index (χ4v) is 4.70. The monoisotopic (exact) mass is 208 g/mol. The molecule has 84 valence electrons. The van der Waals surface area contributed by atoms with Crippen molar-refractivity contribution in [2.75, 3.05) is 0 Å². The van der Waals surface area contributed by atoms with Crippen LogP contribution < -0.4 is 0 Å². The van der Waals surface area contributed by atoms with Crippen molar-refractivity contribution in [1.82, 2.24) is 0 Å². The quantitative estimate of drug-likeness (QED) is 0.597. The Morgan fingerprint density at radius 1 is 1.40 bits per heavy atom. The van der Waals surface area contributed by atoms with Gasteiger partial charge in [0.1, 0.15) is 0 Å². The summed E-state index contributed by atoms with van der Waals surface area (Å²) in [5.74, 6) is 0.770. The maximum Gasteiger partial charge on any atom is 0.0965 e. The molecule has 15 heavy (non-hydrogen) atoms. The Balaban J connectivity index is 2.15. The van der Waals surface area contributed by atoms with Crippen molar-refractivity contribution < 1.29 is 10.2 Å². The lowest BCUT2D eigenvalue weighted by Gasteiger charge is -2.50. The minimum absolute atomic E-state index is 0.235. The first-order valence-electron chi connectivity index (χ1n) is 6.11. The third-order valence-electron chi connectivity index (χ3n) is 5.53. The van der Waals surface area contributed by atoms with E-state index in [1.165, 1.54) is 0 Å². The molecule has 2 N–H and O–H groups in total. The highest BCUT2D eigenvalue weighted by molar-refractivity contribution is 5.34. The summed E-state index contributed by atoms with van der Waals surface area (Å²) in [7, 11) is 0. The molecule has 5 atom stereocenters. The fraction of sp³-hybridized carbons (Fsp3) is 0.846. The molecule has 3 saturated carbocycles. The van der Waals surface area contributed by atoms with E-state index in [4.69, 9.17) is 0 Å². The van der Waals surface area contributed by atoms with E-state index in [-0.39, 0.29) is 11.5 Å². The highest BCUT2D eigenvalue weighted by atomic mass is 16.3. The first-order valence-corrected chi connectivity index (χ1v) is 6.11. The lowest BCUT2D eigenvalue weighted by Crippen LogP contribution is -2.57. The average molecular weight is 208 g/mol.